The molecule has 6 nitrogen and oxygen atoms in total. The lowest BCUT2D eigenvalue weighted by Gasteiger charge is -2.11. The zero-order valence-electron chi connectivity index (χ0n) is 10.8. The van der Waals surface area contributed by atoms with Crippen LogP contribution in [-0.4, -0.2) is 20.3 Å². The van der Waals surface area contributed by atoms with Crippen LogP contribution in [0.3, 0.4) is 0 Å². The number of aliphatic imine (C=N–C) groups is 1. The molecule has 1 aromatic rings. The molecule has 7 heteroatoms. The molecule has 1 rings (SSSR count). The Hall–Kier alpha value is -1.89. The molecule has 0 aliphatic heterocycles. The smallest absolute Gasteiger partial charge is 0.280 e. The van der Waals surface area contributed by atoms with Crippen LogP contribution in [-0.2, 0) is 16.5 Å². The van der Waals surface area contributed by atoms with E-state index in [0.29, 0.717) is 5.56 Å². The summed E-state index contributed by atoms with van der Waals surface area (Å²) in [6.45, 7) is 3.91. The zero-order chi connectivity index (χ0) is 14.6. The molecule has 0 saturated heterocycles. The van der Waals surface area contributed by atoms with Gasteiger partial charge in [-0.3, -0.25) is 4.79 Å². The number of amides is 1. The molecule has 104 valence electrons. The largest absolute Gasteiger partial charge is 0.370 e. The second-order valence-corrected chi connectivity index (χ2v) is 5.38. The molecule has 0 radical (unpaired) electrons. The van der Waals surface area contributed by atoms with E-state index >= 15 is 0 Å². The van der Waals surface area contributed by atoms with Gasteiger partial charge in [0, 0.05) is 5.56 Å². The van der Waals surface area contributed by atoms with Gasteiger partial charge < -0.3 is 11.5 Å². The zero-order valence-corrected chi connectivity index (χ0v) is 11.7. The van der Waals surface area contributed by atoms with Crippen molar-refractivity contribution in [3.05, 3.63) is 34.9 Å². The van der Waals surface area contributed by atoms with E-state index in [-0.39, 0.29) is 23.2 Å². The number of benzene rings is 1. The summed E-state index contributed by atoms with van der Waals surface area (Å²) in [4.78, 5) is 15.1. The van der Waals surface area contributed by atoms with Gasteiger partial charge in [-0.2, -0.15) is 4.99 Å². The maximum Gasteiger partial charge on any atom is 0.280 e. The summed E-state index contributed by atoms with van der Waals surface area (Å²) in [5.41, 5.74) is 12.0. The Morgan fingerprint density at radius 2 is 1.95 bits per heavy atom. The number of hydrogen-bond acceptors (Lipinski definition) is 3. The second kappa shape index (κ2) is 6.33. The molecule has 0 fully saturated rings. The first kappa shape index (κ1) is 15.2. The first-order valence-corrected chi connectivity index (χ1v) is 7.06. The minimum atomic E-state index is -2.56. The van der Waals surface area contributed by atoms with E-state index in [9.17, 15) is 13.2 Å². The van der Waals surface area contributed by atoms with Crippen LogP contribution < -0.4 is 11.5 Å². The number of hydrogen-bond donors (Lipinski definition) is 3. The van der Waals surface area contributed by atoms with Crippen molar-refractivity contribution >= 4 is 22.6 Å². The first-order valence-electron chi connectivity index (χ1n) is 5.70. The van der Waals surface area contributed by atoms with Crippen molar-refractivity contribution in [3.63, 3.8) is 0 Å². The van der Waals surface area contributed by atoms with Crippen LogP contribution in [0.15, 0.2) is 23.2 Å². The second-order valence-electron chi connectivity index (χ2n) is 4.40. The Morgan fingerprint density at radius 3 is 2.42 bits per heavy atom. The molecule has 0 aliphatic carbocycles. The highest BCUT2D eigenvalue weighted by atomic mass is 32.2. The molecule has 0 aliphatic rings. The molecule has 19 heavy (non-hydrogen) atoms. The van der Waals surface area contributed by atoms with Gasteiger partial charge in [0.1, 0.15) is 10.7 Å². The van der Waals surface area contributed by atoms with Crippen LogP contribution in [0.5, 0.6) is 0 Å². The van der Waals surface area contributed by atoms with Gasteiger partial charge in [-0.1, -0.05) is 19.9 Å². The number of nitrogens with zero attached hydrogens (tertiary/aromatic N) is 1. The molecular formula is C12H17N3O3S. The first-order chi connectivity index (χ1) is 8.81. The maximum absolute atomic E-state index is 11.7. The van der Waals surface area contributed by atoms with Crippen molar-refractivity contribution in [1.29, 1.82) is 0 Å². The molecule has 0 atom stereocenters. The molecule has 1 amide bonds. The fourth-order valence-electron chi connectivity index (χ4n) is 1.76. The Kier molecular flexibility index (Phi) is 5.05. The highest BCUT2D eigenvalue weighted by molar-refractivity contribution is 7.71. The van der Waals surface area contributed by atoms with Crippen molar-refractivity contribution in [2.24, 2.45) is 16.5 Å². The van der Waals surface area contributed by atoms with Crippen LogP contribution in [0.1, 0.15) is 41.3 Å². The van der Waals surface area contributed by atoms with Crippen LogP contribution in [0.2, 0.25) is 0 Å². The lowest BCUT2D eigenvalue weighted by Crippen LogP contribution is -2.24. The molecule has 0 bridgehead atoms. The van der Waals surface area contributed by atoms with E-state index < -0.39 is 16.6 Å². The summed E-state index contributed by atoms with van der Waals surface area (Å²) in [5.74, 6) is -0.851. The van der Waals surface area contributed by atoms with Crippen molar-refractivity contribution in [2.75, 3.05) is 0 Å². The third-order valence-electron chi connectivity index (χ3n) is 2.54. The summed E-state index contributed by atoms with van der Waals surface area (Å²) in [7, 11) is -2.56. The van der Waals surface area contributed by atoms with Crippen LogP contribution in [0.4, 0.5) is 0 Å². The Labute approximate surface area is 113 Å². The van der Waals surface area contributed by atoms with Gasteiger partial charge in [-0.15, -0.1) is 0 Å². The maximum atomic E-state index is 11.7. The third kappa shape index (κ3) is 4.36. The summed E-state index contributed by atoms with van der Waals surface area (Å²) >= 11 is 0. The fourth-order valence-corrected chi connectivity index (χ4v) is 2.31. The number of nitrogens with two attached hydrogens (primary N) is 2. The number of carbonyl (C=O) groups is 1. The predicted octanol–water partition coefficient (Wildman–Crippen LogP) is 0.335. The van der Waals surface area contributed by atoms with Crippen molar-refractivity contribution < 1.29 is 13.2 Å². The highest BCUT2D eigenvalue weighted by Crippen LogP contribution is 2.22. The van der Waals surface area contributed by atoms with Crippen molar-refractivity contribution in [1.82, 2.24) is 0 Å². The average molecular weight is 283 g/mol. The van der Waals surface area contributed by atoms with Gasteiger partial charge in [0.15, 0.2) is 5.96 Å². The normalized spacial score (nSPS) is 10.7. The molecule has 0 aromatic heterocycles. The van der Waals surface area contributed by atoms with Gasteiger partial charge in [-0.25, -0.2) is 8.42 Å². The molecular weight excluding hydrogens is 266 g/mol. The monoisotopic (exact) mass is 283 g/mol. The van der Waals surface area contributed by atoms with E-state index in [1.807, 2.05) is 13.8 Å². The summed E-state index contributed by atoms with van der Waals surface area (Å²) in [5, 5.41) is 0. The lowest BCUT2D eigenvalue weighted by molar-refractivity contribution is 0.100. The molecule has 0 saturated carbocycles. The van der Waals surface area contributed by atoms with E-state index in [4.69, 9.17) is 11.5 Å². The molecule has 0 spiro atoms. The molecule has 0 heterocycles. The minimum Gasteiger partial charge on any atom is -0.370 e. The molecule has 4 N–H and O–H groups in total. The standard InChI is InChI=1S/C12H17N3O3S/c1-7(2)10-4-3-8(11(16)15-12(13)14)5-9(10)6-19(17)18/h3-5,7,19H,6H2,1-2H3,(H4,13,14,15,16). The number of carbonyl (C=O) groups excluding carboxylic acids is 1. The van der Waals surface area contributed by atoms with Gasteiger partial charge in [-0.05, 0) is 29.2 Å². The van der Waals surface area contributed by atoms with Gasteiger partial charge in [0.05, 0.1) is 5.75 Å². The molecule has 1 aromatic carbocycles. The predicted molar refractivity (Wildman–Crippen MR) is 74.7 cm³/mol. The van der Waals surface area contributed by atoms with Crippen molar-refractivity contribution in [3.8, 4) is 0 Å². The van der Waals surface area contributed by atoms with Gasteiger partial charge >= 0.3 is 0 Å². The fraction of sp³-hybridized carbons (Fsp3) is 0.333. The average Bonchev–Trinajstić information content (AvgIpc) is 2.26. The molecule has 0 unspecified atom stereocenters. The number of rotatable bonds is 4. The number of guanidine groups is 1. The van der Waals surface area contributed by atoms with E-state index in [2.05, 4.69) is 4.99 Å². The highest BCUT2D eigenvalue weighted by Gasteiger charge is 2.12. The quantitative estimate of drug-likeness (QED) is 0.418. The van der Waals surface area contributed by atoms with Gasteiger partial charge in [0.2, 0.25) is 0 Å². The summed E-state index contributed by atoms with van der Waals surface area (Å²) in [6, 6.07) is 4.84. The van der Waals surface area contributed by atoms with Crippen LogP contribution in [0.25, 0.3) is 0 Å². The Morgan fingerprint density at radius 1 is 1.32 bits per heavy atom. The van der Waals surface area contributed by atoms with Gasteiger partial charge in [0.25, 0.3) is 5.91 Å². The Balaban J connectivity index is 3.25. The topological polar surface area (TPSA) is 116 Å². The number of thiol groups is 1. The SMILES string of the molecule is CC(C)c1ccc(C(=O)N=C(N)N)cc1C[SH](=O)=O. The summed E-state index contributed by atoms with van der Waals surface area (Å²) in [6.07, 6.45) is 0. The lowest BCUT2D eigenvalue weighted by atomic mass is 9.96. The van der Waals surface area contributed by atoms with Crippen LogP contribution in [0, 0.1) is 0 Å². The minimum absolute atomic E-state index is 0.105. The van der Waals surface area contributed by atoms with Crippen molar-refractivity contribution in [2.45, 2.75) is 25.5 Å². The third-order valence-corrected chi connectivity index (χ3v) is 3.14. The van der Waals surface area contributed by atoms with E-state index in [1.54, 1.807) is 12.1 Å². The van der Waals surface area contributed by atoms with E-state index in [0.717, 1.165) is 5.56 Å². The summed E-state index contributed by atoms with van der Waals surface area (Å²) < 4.78 is 21.8. The Bertz CT molecular complexity index is 580. The van der Waals surface area contributed by atoms with Crippen LogP contribution >= 0.6 is 0 Å². The van der Waals surface area contributed by atoms with E-state index in [1.165, 1.54) is 6.07 Å².